The molecule has 0 atom stereocenters. The van der Waals surface area contributed by atoms with Crippen molar-refractivity contribution in [1.29, 1.82) is 0 Å². The minimum Gasteiger partial charge on any atom is -0.496 e. The van der Waals surface area contributed by atoms with Gasteiger partial charge in [0.25, 0.3) is 0 Å². The van der Waals surface area contributed by atoms with Crippen LogP contribution in [0.1, 0.15) is 22.3 Å². The van der Waals surface area contributed by atoms with Crippen LogP contribution in [0.4, 0.5) is 0 Å². The smallest absolute Gasteiger partial charge is 0.364 e. The molecular weight excluding hydrogens is 468 g/mol. The van der Waals surface area contributed by atoms with Crippen LogP contribution < -0.4 is 9.47 Å². The highest BCUT2D eigenvalue weighted by molar-refractivity contribution is 6.15. The van der Waals surface area contributed by atoms with Crippen molar-refractivity contribution in [3.05, 3.63) is 107 Å². The molecule has 0 N–H and O–H groups in total. The molecule has 1 saturated heterocycles. The molecule has 0 unspecified atom stereocenters. The zero-order valence-corrected chi connectivity index (χ0v) is 20.5. The number of hydrogen-bond donors (Lipinski definition) is 0. The van der Waals surface area contributed by atoms with Crippen LogP contribution >= 0.6 is 0 Å². The summed E-state index contributed by atoms with van der Waals surface area (Å²) >= 11 is 0. The first kappa shape index (κ1) is 23.2. The Kier molecular flexibility index (Phi) is 6.30. The molecule has 7 nitrogen and oxygen atoms in total. The van der Waals surface area contributed by atoms with Crippen molar-refractivity contribution >= 4 is 23.2 Å². The van der Waals surface area contributed by atoms with Gasteiger partial charge in [-0.25, -0.2) is 9.79 Å². The van der Waals surface area contributed by atoms with Crippen molar-refractivity contribution in [3.63, 3.8) is 0 Å². The summed E-state index contributed by atoms with van der Waals surface area (Å²) in [4.78, 5) is 19.9. The van der Waals surface area contributed by atoms with Crippen LogP contribution in [0.15, 0.2) is 89.6 Å². The van der Waals surface area contributed by atoms with Gasteiger partial charge in [-0.15, -0.1) is 0 Å². The average Bonchev–Trinajstić information content (AvgIpc) is 3.34. The minimum absolute atomic E-state index is 0.258. The number of para-hydroxylation sites is 1. The maximum Gasteiger partial charge on any atom is 0.364 e. The zero-order valence-electron chi connectivity index (χ0n) is 20.5. The van der Waals surface area contributed by atoms with Crippen molar-refractivity contribution in [3.8, 4) is 11.5 Å². The maximum absolute atomic E-state index is 13.0. The summed E-state index contributed by atoms with van der Waals surface area (Å²) in [6.45, 7) is 3.95. The molecule has 3 aliphatic heterocycles. The van der Waals surface area contributed by atoms with Crippen LogP contribution in [0.3, 0.4) is 0 Å². The average molecular weight is 495 g/mol. The predicted molar refractivity (Wildman–Crippen MR) is 140 cm³/mol. The predicted octanol–water partition coefficient (Wildman–Crippen LogP) is 4.68. The molecule has 3 aromatic rings. The molecule has 3 aliphatic rings. The van der Waals surface area contributed by atoms with Gasteiger partial charge in [0.1, 0.15) is 17.3 Å². The Morgan fingerprint density at radius 1 is 0.919 bits per heavy atom. The molecule has 0 spiro atoms. The number of hydrogen-bond acceptors (Lipinski definition) is 7. The number of carbonyl (C=O) groups excluding carboxylic acids is 1. The summed E-state index contributed by atoms with van der Waals surface area (Å²) < 4.78 is 23.0. The highest BCUT2D eigenvalue weighted by atomic mass is 16.6. The number of fused-ring (bicyclic) bond motifs is 1. The van der Waals surface area contributed by atoms with Crippen molar-refractivity contribution in [2.24, 2.45) is 4.99 Å². The summed E-state index contributed by atoms with van der Waals surface area (Å²) in [7, 11) is 1.68. The number of rotatable bonds is 5. The second-order valence-corrected chi connectivity index (χ2v) is 8.96. The number of aliphatic imine (C=N–C) groups is 1. The van der Waals surface area contributed by atoms with Crippen LogP contribution in [0.25, 0.3) is 11.3 Å². The topological polar surface area (TPSA) is 69.6 Å². The third-order valence-corrected chi connectivity index (χ3v) is 6.61. The second kappa shape index (κ2) is 10.0. The Balaban J connectivity index is 1.42. The third kappa shape index (κ3) is 4.67. The highest BCUT2D eigenvalue weighted by Crippen LogP contribution is 2.40. The number of carbonyl (C=O) groups is 1. The fourth-order valence-electron chi connectivity index (χ4n) is 4.71. The molecule has 37 heavy (non-hydrogen) atoms. The van der Waals surface area contributed by atoms with Gasteiger partial charge in [-0.2, -0.15) is 0 Å². The lowest BCUT2D eigenvalue weighted by molar-refractivity contribution is -0.129. The van der Waals surface area contributed by atoms with E-state index in [1.807, 2.05) is 72.8 Å². The lowest BCUT2D eigenvalue weighted by Gasteiger charge is -2.27. The third-order valence-electron chi connectivity index (χ3n) is 6.61. The fraction of sp³-hybridized carbons (Fsp3) is 0.200. The Bertz CT molecular complexity index is 1440. The van der Waals surface area contributed by atoms with E-state index < -0.39 is 5.97 Å². The molecule has 0 radical (unpaired) electrons. The molecule has 7 heteroatoms. The maximum atomic E-state index is 13.0. The van der Waals surface area contributed by atoms with Crippen molar-refractivity contribution < 1.29 is 23.7 Å². The molecule has 0 aromatic heterocycles. The van der Waals surface area contributed by atoms with E-state index in [1.54, 1.807) is 7.11 Å². The zero-order chi connectivity index (χ0) is 25.2. The minimum atomic E-state index is -0.483. The van der Waals surface area contributed by atoms with Gasteiger partial charge in [-0.05, 0) is 42.5 Å². The lowest BCUT2D eigenvalue weighted by atomic mass is 9.97. The molecule has 3 heterocycles. The molecule has 0 bridgehead atoms. The standard InChI is InChI=1S/C30H26N2O5/c1-34-25-12-11-21(17-22(25)19-32-13-15-35-16-14-32)27-18-24(23-9-5-6-10-26(23)36-27)28-30(33)37-29(31-28)20-7-3-2-4-8-20/h2-12,17-18H,13-16,19H2,1H3. The van der Waals surface area contributed by atoms with E-state index >= 15 is 0 Å². The number of morpholine rings is 1. The first-order valence-corrected chi connectivity index (χ1v) is 12.3. The molecular formula is C30H26N2O5. The van der Waals surface area contributed by atoms with Gasteiger partial charge >= 0.3 is 5.97 Å². The van der Waals surface area contributed by atoms with Crippen LogP contribution in [0.2, 0.25) is 0 Å². The van der Waals surface area contributed by atoms with Crippen LogP contribution in [-0.4, -0.2) is 50.2 Å². The molecule has 0 amide bonds. The van der Waals surface area contributed by atoms with Crippen molar-refractivity contribution in [2.75, 3.05) is 33.4 Å². The quantitative estimate of drug-likeness (QED) is 0.379. The van der Waals surface area contributed by atoms with Crippen LogP contribution in [0, 0.1) is 0 Å². The van der Waals surface area contributed by atoms with Crippen LogP contribution in [-0.2, 0) is 20.8 Å². The summed E-state index contributed by atoms with van der Waals surface area (Å²) in [5, 5.41) is 0. The van der Waals surface area contributed by atoms with E-state index in [0.29, 0.717) is 23.0 Å². The first-order valence-electron chi connectivity index (χ1n) is 12.3. The molecule has 1 fully saturated rings. The lowest BCUT2D eigenvalue weighted by Crippen LogP contribution is -2.35. The summed E-state index contributed by atoms with van der Waals surface area (Å²) in [5.74, 6) is 1.92. The first-order chi connectivity index (χ1) is 18.2. The molecule has 0 aliphatic carbocycles. The molecule has 3 aromatic carbocycles. The van der Waals surface area contributed by atoms with Crippen molar-refractivity contribution in [1.82, 2.24) is 4.90 Å². The normalized spacial score (nSPS) is 19.4. The summed E-state index contributed by atoms with van der Waals surface area (Å²) in [5.41, 5.74) is 4.41. The number of esters is 1. The summed E-state index contributed by atoms with van der Waals surface area (Å²) in [6, 6.07) is 23.1. The highest BCUT2D eigenvalue weighted by Gasteiger charge is 2.30. The number of methoxy groups -OCH3 is 1. The number of benzene rings is 3. The van der Waals surface area contributed by atoms with Gasteiger partial charge in [0.05, 0.1) is 20.3 Å². The number of allylic oxidation sites excluding steroid dienone is 2. The van der Waals surface area contributed by atoms with Gasteiger partial charge in [0.2, 0.25) is 5.90 Å². The Hall–Kier alpha value is -4.20. The molecule has 0 saturated carbocycles. The number of cyclic esters (lactones) is 1. The Morgan fingerprint density at radius 3 is 2.51 bits per heavy atom. The van der Waals surface area contributed by atoms with Gasteiger partial charge in [0, 0.05) is 47.5 Å². The number of nitrogens with zero attached hydrogens (tertiary/aromatic N) is 2. The van der Waals surface area contributed by atoms with E-state index in [9.17, 15) is 4.79 Å². The van der Waals surface area contributed by atoms with Gasteiger partial charge in [0.15, 0.2) is 5.70 Å². The largest absolute Gasteiger partial charge is 0.496 e. The fourth-order valence-corrected chi connectivity index (χ4v) is 4.71. The number of ether oxygens (including phenoxy) is 4. The monoisotopic (exact) mass is 494 g/mol. The Labute approximate surface area is 215 Å². The molecule has 186 valence electrons. The van der Waals surface area contributed by atoms with E-state index in [1.165, 1.54) is 0 Å². The SMILES string of the molecule is COc1ccc(C2=CC(=C3N=C(c4ccccc4)OC3=O)c3ccccc3O2)cc1CN1CCOCC1. The van der Waals surface area contributed by atoms with Gasteiger partial charge < -0.3 is 18.9 Å². The second-order valence-electron chi connectivity index (χ2n) is 8.96. The molecule has 6 rings (SSSR count). The van der Waals surface area contributed by atoms with Gasteiger partial charge in [-0.1, -0.05) is 36.4 Å². The Morgan fingerprint density at radius 2 is 1.70 bits per heavy atom. The van der Waals surface area contributed by atoms with Crippen molar-refractivity contribution in [2.45, 2.75) is 6.54 Å². The van der Waals surface area contributed by atoms with E-state index in [4.69, 9.17) is 18.9 Å². The summed E-state index contributed by atoms with van der Waals surface area (Å²) in [6.07, 6.45) is 1.87. The van der Waals surface area contributed by atoms with E-state index in [0.717, 1.165) is 60.9 Å². The van der Waals surface area contributed by atoms with E-state index in [-0.39, 0.29) is 5.70 Å². The van der Waals surface area contributed by atoms with Crippen LogP contribution in [0.5, 0.6) is 11.5 Å². The van der Waals surface area contributed by atoms with Gasteiger partial charge in [-0.3, -0.25) is 4.90 Å². The van der Waals surface area contributed by atoms with E-state index in [2.05, 4.69) is 16.0 Å².